The first-order valence-corrected chi connectivity index (χ1v) is 23.1. The second kappa shape index (κ2) is 14.7. The summed E-state index contributed by atoms with van der Waals surface area (Å²) >= 11 is 0. The number of nitrogens with zero attached hydrogens (tertiary/aromatic N) is 2. The minimum absolute atomic E-state index is 0.691. The van der Waals surface area contributed by atoms with Crippen LogP contribution in [-0.4, -0.2) is 18.0 Å². The third-order valence-electron chi connectivity index (χ3n) is 12.6. The fourth-order valence-electron chi connectivity index (χ4n) is 9.81. The van der Waals surface area contributed by atoms with Gasteiger partial charge in [0.05, 0.1) is 11.4 Å². The first kappa shape index (κ1) is 36.0. The van der Waals surface area contributed by atoms with Crippen molar-refractivity contribution in [2.45, 2.75) is 0 Å². The monoisotopic (exact) mass is 806 g/mol. The molecule has 9 aromatic carbocycles. The molecule has 2 aromatic heterocycles. The number of furan rings is 1. The Hall–Kier alpha value is -7.92. The number of hydrogen-bond donors (Lipinski definition) is 0. The molecule has 0 spiro atoms. The molecule has 11 aromatic rings. The fraction of sp³-hybridized carbons (Fsp3) is 0. The van der Waals surface area contributed by atoms with E-state index in [0.29, 0.717) is 5.82 Å². The Labute approximate surface area is 361 Å². The SMILES string of the molecule is c1ccc(-c2cc(-c3ccc4oc5ccccc5c4c3)cc(-c3cc(-c4cccc5c4[Si](c4ccccc4)(c4ccccc4)c4ccccc4-5)nc(-c4ccccc4)n3)c2)cc1. The van der Waals surface area contributed by atoms with Gasteiger partial charge < -0.3 is 4.42 Å². The Kier molecular flexibility index (Phi) is 8.51. The summed E-state index contributed by atoms with van der Waals surface area (Å²) in [5.74, 6) is 0.691. The van der Waals surface area contributed by atoms with Crippen LogP contribution in [0.5, 0.6) is 0 Å². The molecule has 0 radical (unpaired) electrons. The molecule has 0 aliphatic carbocycles. The van der Waals surface area contributed by atoms with Gasteiger partial charge in [-0.1, -0.05) is 188 Å². The summed E-state index contributed by atoms with van der Waals surface area (Å²) in [5.41, 5.74) is 13.7. The third kappa shape index (κ3) is 5.80. The molecular weight excluding hydrogens is 769 g/mol. The number of benzene rings is 9. The van der Waals surface area contributed by atoms with Crippen molar-refractivity contribution in [3.8, 4) is 67.3 Å². The Bertz CT molecular complexity index is 3420. The molecule has 0 bridgehead atoms. The standard InChI is InChI=1S/C58H38N2OSi/c1-5-18-39(19-6-1)42-34-43(41-32-33-55-51(37-41)47-26-13-15-30-54(47)61-55)36-44(35-42)52-38-53(60-58(59-52)40-20-7-2-8-21-40)50-29-17-28-49-48-27-14-16-31-56(48)62(57(49)50,45-22-9-3-10-23-45)46-24-11-4-12-25-46/h1-38H. The maximum Gasteiger partial charge on any atom is 0.181 e. The number of aromatic nitrogens is 2. The molecule has 0 saturated heterocycles. The summed E-state index contributed by atoms with van der Waals surface area (Å²) in [6.07, 6.45) is 0. The van der Waals surface area contributed by atoms with E-state index in [1.54, 1.807) is 0 Å². The zero-order chi connectivity index (χ0) is 41.0. The molecule has 4 heteroatoms. The van der Waals surface area contributed by atoms with Crippen LogP contribution < -0.4 is 20.7 Å². The molecule has 0 unspecified atom stereocenters. The summed E-state index contributed by atoms with van der Waals surface area (Å²) in [7, 11) is -2.86. The van der Waals surface area contributed by atoms with Crippen LogP contribution in [0.2, 0.25) is 0 Å². The van der Waals surface area contributed by atoms with Gasteiger partial charge in [-0.05, 0) is 96.6 Å². The Morgan fingerprint density at radius 2 is 0.871 bits per heavy atom. The van der Waals surface area contributed by atoms with Gasteiger partial charge in [-0.15, -0.1) is 0 Å². The van der Waals surface area contributed by atoms with Gasteiger partial charge in [0.1, 0.15) is 11.2 Å². The van der Waals surface area contributed by atoms with Crippen LogP contribution in [0.25, 0.3) is 89.2 Å². The lowest BCUT2D eigenvalue weighted by Crippen LogP contribution is -2.73. The summed E-state index contributed by atoms with van der Waals surface area (Å²) in [4.78, 5) is 10.9. The zero-order valence-corrected chi connectivity index (χ0v) is 34.7. The van der Waals surface area contributed by atoms with Crippen LogP contribution >= 0.6 is 0 Å². The molecule has 1 aliphatic heterocycles. The summed E-state index contributed by atoms with van der Waals surface area (Å²) in [6.45, 7) is 0. The zero-order valence-electron chi connectivity index (χ0n) is 33.7. The van der Waals surface area contributed by atoms with Crippen molar-refractivity contribution in [1.29, 1.82) is 0 Å². The van der Waals surface area contributed by atoms with Crippen molar-refractivity contribution >= 4 is 50.8 Å². The molecule has 0 N–H and O–H groups in total. The third-order valence-corrected chi connectivity index (χ3v) is 17.5. The lowest BCUT2D eigenvalue weighted by atomic mass is 9.93. The normalized spacial score (nSPS) is 12.6. The lowest BCUT2D eigenvalue weighted by Gasteiger charge is -2.32. The fourth-order valence-corrected chi connectivity index (χ4v) is 15.2. The van der Waals surface area contributed by atoms with E-state index >= 15 is 0 Å². The van der Waals surface area contributed by atoms with Gasteiger partial charge in [0, 0.05) is 27.5 Å². The van der Waals surface area contributed by atoms with Crippen molar-refractivity contribution < 1.29 is 4.42 Å². The average molecular weight is 807 g/mol. The van der Waals surface area contributed by atoms with E-state index in [2.05, 4.69) is 212 Å². The molecule has 0 fully saturated rings. The van der Waals surface area contributed by atoms with E-state index in [1.165, 1.54) is 31.9 Å². The first-order chi connectivity index (χ1) is 30.7. The van der Waals surface area contributed by atoms with Crippen LogP contribution in [0.1, 0.15) is 0 Å². The molecule has 3 nitrogen and oxygen atoms in total. The van der Waals surface area contributed by atoms with Gasteiger partial charge in [0.25, 0.3) is 0 Å². The van der Waals surface area contributed by atoms with Gasteiger partial charge in [0.15, 0.2) is 13.9 Å². The minimum Gasteiger partial charge on any atom is -0.456 e. The smallest absolute Gasteiger partial charge is 0.181 e. The van der Waals surface area contributed by atoms with Crippen LogP contribution in [0.3, 0.4) is 0 Å². The van der Waals surface area contributed by atoms with Gasteiger partial charge in [-0.2, -0.15) is 0 Å². The van der Waals surface area contributed by atoms with Crippen molar-refractivity contribution in [3.05, 3.63) is 231 Å². The number of hydrogen-bond acceptors (Lipinski definition) is 3. The molecular formula is C58H38N2OSi. The molecule has 1 aliphatic rings. The Balaban J connectivity index is 1.13. The van der Waals surface area contributed by atoms with E-state index in [4.69, 9.17) is 14.4 Å². The predicted octanol–water partition coefficient (Wildman–Crippen LogP) is 12.1. The van der Waals surface area contributed by atoms with Crippen molar-refractivity contribution in [2.24, 2.45) is 0 Å². The van der Waals surface area contributed by atoms with Crippen LogP contribution in [0.4, 0.5) is 0 Å². The van der Waals surface area contributed by atoms with Gasteiger partial charge in [-0.25, -0.2) is 9.97 Å². The summed E-state index contributed by atoms with van der Waals surface area (Å²) in [5, 5.41) is 7.68. The highest BCUT2D eigenvalue weighted by Gasteiger charge is 2.50. The highest BCUT2D eigenvalue weighted by molar-refractivity contribution is 7.22. The molecule has 0 amide bonds. The van der Waals surface area contributed by atoms with Crippen LogP contribution in [-0.2, 0) is 0 Å². The van der Waals surface area contributed by atoms with Crippen molar-refractivity contribution in [2.75, 3.05) is 0 Å². The highest BCUT2D eigenvalue weighted by atomic mass is 28.3. The van der Waals surface area contributed by atoms with E-state index in [1.807, 2.05) is 18.2 Å². The maximum absolute atomic E-state index is 6.25. The topological polar surface area (TPSA) is 38.9 Å². The molecule has 0 saturated carbocycles. The average Bonchev–Trinajstić information content (AvgIpc) is 3.88. The molecule has 0 atom stereocenters. The summed E-state index contributed by atoms with van der Waals surface area (Å²) in [6, 6.07) is 83.1. The van der Waals surface area contributed by atoms with E-state index in [9.17, 15) is 0 Å². The number of fused-ring (bicyclic) bond motifs is 6. The Morgan fingerprint density at radius 3 is 1.61 bits per heavy atom. The number of rotatable bonds is 7. The summed E-state index contributed by atoms with van der Waals surface area (Å²) < 4.78 is 6.25. The van der Waals surface area contributed by atoms with Gasteiger partial charge >= 0.3 is 0 Å². The minimum atomic E-state index is -2.86. The second-order valence-electron chi connectivity index (χ2n) is 16.1. The molecule has 290 valence electrons. The highest BCUT2D eigenvalue weighted by Crippen LogP contribution is 2.39. The van der Waals surface area contributed by atoms with Crippen LogP contribution in [0, 0.1) is 0 Å². The Morgan fingerprint density at radius 1 is 0.323 bits per heavy atom. The van der Waals surface area contributed by atoms with E-state index < -0.39 is 8.07 Å². The van der Waals surface area contributed by atoms with E-state index in [-0.39, 0.29) is 0 Å². The predicted molar refractivity (Wildman–Crippen MR) is 259 cm³/mol. The van der Waals surface area contributed by atoms with E-state index in [0.717, 1.165) is 72.3 Å². The largest absolute Gasteiger partial charge is 0.456 e. The number of para-hydroxylation sites is 1. The first-order valence-electron chi connectivity index (χ1n) is 21.1. The van der Waals surface area contributed by atoms with Gasteiger partial charge in [0.2, 0.25) is 0 Å². The second-order valence-corrected chi connectivity index (χ2v) is 19.8. The molecule has 3 heterocycles. The van der Waals surface area contributed by atoms with Crippen LogP contribution in [0.15, 0.2) is 235 Å². The lowest BCUT2D eigenvalue weighted by molar-refractivity contribution is 0.669. The van der Waals surface area contributed by atoms with Crippen molar-refractivity contribution in [3.63, 3.8) is 0 Å². The quantitative estimate of drug-likeness (QED) is 0.151. The van der Waals surface area contributed by atoms with Gasteiger partial charge in [-0.3, -0.25) is 0 Å². The molecule has 12 rings (SSSR count). The maximum atomic E-state index is 6.25. The van der Waals surface area contributed by atoms with Crippen molar-refractivity contribution in [1.82, 2.24) is 9.97 Å². The molecule has 62 heavy (non-hydrogen) atoms.